The Morgan fingerprint density at radius 3 is 2.71 bits per heavy atom. The van der Waals surface area contributed by atoms with Crippen molar-refractivity contribution in [3.8, 4) is 0 Å². The highest BCUT2D eigenvalue weighted by atomic mass is 32.2. The summed E-state index contributed by atoms with van der Waals surface area (Å²) in [4.78, 5) is 2.68. The van der Waals surface area contributed by atoms with Gasteiger partial charge in [0, 0.05) is 6.54 Å². The molecule has 2 aliphatic rings. The lowest BCUT2D eigenvalue weighted by Gasteiger charge is -2.14. The third-order valence-electron chi connectivity index (χ3n) is 4.06. The second-order valence-electron chi connectivity index (χ2n) is 5.80. The number of likely N-dealkylation sites (tertiary alicyclic amines) is 1. The molecule has 0 bridgehead atoms. The summed E-state index contributed by atoms with van der Waals surface area (Å²) in [5.41, 5.74) is 5.77. The molecule has 3 N–H and O–H groups in total. The molecular weight excluding hydrogens is 308 g/mol. The average Bonchev–Trinajstić information content (AvgIpc) is 3.07. The molecule has 2 heterocycles. The predicted octanol–water partition coefficient (Wildman–Crippen LogP) is 1.56. The van der Waals surface area contributed by atoms with E-state index in [-0.39, 0.29) is 16.0 Å². The van der Waals surface area contributed by atoms with Gasteiger partial charge in [-0.1, -0.05) is 0 Å². The Kier molecular flexibility index (Phi) is 4.37. The van der Waals surface area contributed by atoms with E-state index in [0.29, 0.717) is 5.00 Å². The Morgan fingerprint density at radius 1 is 1.33 bits per heavy atom. The van der Waals surface area contributed by atoms with Crippen LogP contribution in [0.4, 0.5) is 10.8 Å². The van der Waals surface area contributed by atoms with E-state index in [0.717, 1.165) is 43.9 Å². The highest BCUT2D eigenvalue weighted by molar-refractivity contribution is 7.92. The maximum atomic E-state index is 12.4. The number of nitrogen functional groups attached to an aromatic ring is 1. The van der Waals surface area contributed by atoms with Crippen LogP contribution in [0.1, 0.15) is 32.1 Å². The first-order chi connectivity index (χ1) is 10.1. The molecule has 21 heavy (non-hydrogen) atoms. The van der Waals surface area contributed by atoms with Crippen molar-refractivity contribution in [2.75, 3.05) is 37.2 Å². The number of hydrogen-bond donors (Lipinski definition) is 2. The summed E-state index contributed by atoms with van der Waals surface area (Å²) in [5.74, 6) is 0.147. The van der Waals surface area contributed by atoms with Gasteiger partial charge in [0.25, 0.3) is 0 Å². The highest BCUT2D eigenvalue weighted by Crippen LogP contribution is 2.40. The summed E-state index contributed by atoms with van der Waals surface area (Å²) < 4.78 is 28.8. The minimum absolute atomic E-state index is 0.147. The molecule has 0 radical (unpaired) electrons. The number of aromatic nitrogens is 1. The van der Waals surface area contributed by atoms with Crippen molar-refractivity contribution in [2.45, 2.75) is 42.2 Å². The molecule has 1 aliphatic heterocycles. The van der Waals surface area contributed by atoms with E-state index in [1.54, 1.807) is 0 Å². The van der Waals surface area contributed by atoms with Crippen molar-refractivity contribution < 1.29 is 8.42 Å². The Bertz CT molecular complexity index is 589. The summed E-state index contributed by atoms with van der Waals surface area (Å²) >= 11 is 1.15. The summed E-state index contributed by atoms with van der Waals surface area (Å²) in [6.07, 6.45) is 5.07. The van der Waals surface area contributed by atoms with E-state index >= 15 is 0 Å². The largest absolute Gasteiger partial charge is 0.382 e. The van der Waals surface area contributed by atoms with Crippen LogP contribution in [0.2, 0.25) is 0 Å². The maximum Gasteiger partial charge on any atom is 0.187 e. The van der Waals surface area contributed by atoms with E-state index in [4.69, 9.17) is 5.73 Å². The monoisotopic (exact) mass is 330 g/mol. The van der Waals surface area contributed by atoms with Crippen LogP contribution >= 0.6 is 11.5 Å². The van der Waals surface area contributed by atoms with Crippen LogP contribution in [0.5, 0.6) is 0 Å². The van der Waals surface area contributed by atoms with Crippen LogP contribution in [0.15, 0.2) is 4.90 Å². The zero-order chi connectivity index (χ0) is 14.9. The molecule has 2 fully saturated rings. The zero-order valence-electron chi connectivity index (χ0n) is 12.0. The summed E-state index contributed by atoms with van der Waals surface area (Å²) in [7, 11) is -3.29. The lowest BCUT2D eigenvalue weighted by molar-refractivity contribution is 0.337. The number of sulfone groups is 1. The second-order valence-corrected chi connectivity index (χ2v) is 8.74. The first-order valence-electron chi connectivity index (χ1n) is 7.54. The average molecular weight is 330 g/mol. The van der Waals surface area contributed by atoms with Crippen molar-refractivity contribution in [2.24, 2.45) is 0 Å². The van der Waals surface area contributed by atoms with E-state index in [1.165, 1.54) is 25.9 Å². The Morgan fingerprint density at radius 2 is 2.05 bits per heavy atom. The number of nitrogens with zero attached hydrogens (tertiary/aromatic N) is 2. The van der Waals surface area contributed by atoms with Crippen molar-refractivity contribution in [1.82, 2.24) is 9.27 Å². The molecule has 0 aromatic carbocycles. The van der Waals surface area contributed by atoms with Crippen molar-refractivity contribution in [3.05, 3.63) is 0 Å². The molecule has 6 nitrogen and oxygen atoms in total. The van der Waals surface area contributed by atoms with Gasteiger partial charge in [-0.25, -0.2) is 8.42 Å². The van der Waals surface area contributed by atoms with Gasteiger partial charge >= 0.3 is 0 Å². The van der Waals surface area contributed by atoms with E-state index in [2.05, 4.69) is 14.6 Å². The first kappa shape index (κ1) is 15.1. The fourth-order valence-electron chi connectivity index (χ4n) is 2.74. The lowest BCUT2D eigenvalue weighted by Crippen LogP contribution is -2.22. The van der Waals surface area contributed by atoms with Gasteiger partial charge in [-0.05, 0) is 63.3 Å². The fraction of sp³-hybridized carbons (Fsp3) is 0.769. The second kappa shape index (κ2) is 6.10. The fourth-order valence-corrected chi connectivity index (χ4v) is 5.65. The Labute approximate surface area is 129 Å². The molecule has 1 saturated carbocycles. The van der Waals surface area contributed by atoms with Gasteiger partial charge in [0.15, 0.2) is 15.7 Å². The SMILES string of the molecule is Nc1nsc(NCCCN2CCCC2)c1S(=O)(=O)C1CC1. The van der Waals surface area contributed by atoms with Crippen molar-refractivity contribution in [3.63, 3.8) is 0 Å². The topological polar surface area (TPSA) is 88.3 Å². The third kappa shape index (κ3) is 3.32. The maximum absolute atomic E-state index is 12.4. The molecule has 0 spiro atoms. The molecule has 0 unspecified atom stereocenters. The molecule has 1 aromatic heterocycles. The number of nitrogens with one attached hydrogen (secondary N) is 1. The lowest BCUT2D eigenvalue weighted by atomic mass is 10.4. The van der Waals surface area contributed by atoms with Crippen molar-refractivity contribution >= 4 is 32.2 Å². The molecule has 3 rings (SSSR count). The molecule has 8 heteroatoms. The van der Waals surface area contributed by atoms with Crippen LogP contribution in [-0.2, 0) is 9.84 Å². The normalized spacial score (nSPS) is 20.0. The quantitative estimate of drug-likeness (QED) is 0.738. The number of anilines is 2. The van der Waals surface area contributed by atoms with Crippen LogP contribution < -0.4 is 11.1 Å². The standard InChI is InChI=1S/C13H22N4O2S2/c14-12-11(21(18,19)10-4-5-10)13(20-16-12)15-6-3-9-17-7-1-2-8-17/h10,15H,1-9H2,(H2,14,16). The van der Waals surface area contributed by atoms with Crippen LogP contribution in [-0.4, -0.2) is 49.1 Å². The zero-order valence-corrected chi connectivity index (χ0v) is 13.7. The highest BCUT2D eigenvalue weighted by Gasteiger charge is 2.40. The number of rotatable bonds is 7. The van der Waals surface area contributed by atoms with E-state index in [9.17, 15) is 8.42 Å². The van der Waals surface area contributed by atoms with Gasteiger partial charge < -0.3 is 16.0 Å². The van der Waals surface area contributed by atoms with Crippen LogP contribution in [0.25, 0.3) is 0 Å². The Balaban J connectivity index is 1.58. The van der Waals surface area contributed by atoms with Gasteiger partial charge in [0.05, 0.1) is 5.25 Å². The van der Waals surface area contributed by atoms with Gasteiger partial charge in [-0.15, -0.1) is 0 Å². The molecule has 1 aromatic rings. The molecule has 1 aliphatic carbocycles. The molecular formula is C13H22N4O2S2. The third-order valence-corrected chi connectivity index (χ3v) is 7.34. The van der Waals surface area contributed by atoms with E-state index in [1.807, 2.05) is 0 Å². The summed E-state index contributed by atoms with van der Waals surface area (Å²) in [5, 5.41) is 3.58. The van der Waals surface area contributed by atoms with E-state index < -0.39 is 9.84 Å². The van der Waals surface area contributed by atoms with Crippen molar-refractivity contribution in [1.29, 1.82) is 0 Å². The molecule has 118 valence electrons. The predicted molar refractivity (Wildman–Crippen MR) is 85.5 cm³/mol. The summed E-state index contributed by atoms with van der Waals surface area (Å²) in [6.45, 7) is 4.20. The minimum atomic E-state index is -3.29. The van der Waals surface area contributed by atoms with Gasteiger partial charge in [-0.2, -0.15) is 4.37 Å². The van der Waals surface area contributed by atoms with Gasteiger partial charge in [0.1, 0.15) is 9.90 Å². The summed E-state index contributed by atoms with van der Waals surface area (Å²) in [6, 6.07) is 0. The van der Waals surface area contributed by atoms with Gasteiger partial charge in [0.2, 0.25) is 0 Å². The number of hydrogen-bond acceptors (Lipinski definition) is 7. The first-order valence-corrected chi connectivity index (χ1v) is 9.86. The Hall–Kier alpha value is -0.860. The molecule has 1 saturated heterocycles. The van der Waals surface area contributed by atoms with Crippen LogP contribution in [0, 0.1) is 0 Å². The van der Waals surface area contributed by atoms with Crippen LogP contribution in [0.3, 0.4) is 0 Å². The minimum Gasteiger partial charge on any atom is -0.382 e. The smallest absolute Gasteiger partial charge is 0.187 e. The molecule has 0 amide bonds. The molecule has 0 atom stereocenters. The number of nitrogens with two attached hydrogens (primary N) is 1. The van der Waals surface area contributed by atoms with Gasteiger partial charge in [-0.3, -0.25) is 0 Å².